The topological polar surface area (TPSA) is 50.7 Å². The fraction of sp³-hybridized carbons (Fsp3) is 0.375. The largest absolute Gasteiger partial charge is 0.466 e. The molecule has 0 bridgehead atoms. The summed E-state index contributed by atoms with van der Waals surface area (Å²) in [6, 6.07) is 4.75. The maximum absolute atomic E-state index is 12.7. The van der Waals surface area contributed by atoms with Gasteiger partial charge in [0.05, 0.1) is 24.2 Å². The van der Waals surface area contributed by atoms with Crippen LogP contribution in [0.5, 0.6) is 0 Å². The van der Waals surface area contributed by atoms with Gasteiger partial charge in [0.2, 0.25) is 0 Å². The van der Waals surface area contributed by atoms with Crippen LogP contribution < -0.4 is 5.43 Å². The van der Waals surface area contributed by atoms with Crippen LogP contribution in [0.25, 0.3) is 0 Å². The zero-order chi connectivity index (χ0) is 17.2. The molecule has 1 atom stereocenters. The van der Waals surface area contributed by atoms with Gasteiger partial charge in [0, 0.05) is 11.4 Å². The third-order valence-corrected chi connectivity index (χ3v) is 3.73. The van der Waals surface area contributed by atoms with Crippen molar-refractivity contribution in [1.29, 1.82) is 0 Å². The fourth-order valence-corrected chi connectivity index (χ4v) is 2.56. The molecule has 0 spiro atoms. The van der Waals surface area contributed by atoms with Crippen molar-refractivity contribution in [2.75, 3.05) is 7.11 Å². The molecule has 1 unspecified atom stereocenters. The SMILES string of the molecule is CCC1=C(C(=O)OC)C(c2ccc(C(F)(F)F)cc2)C(C)=NN1. The van der Waals surface area contributed by atoms with E-state index in [2.05, 4.69) is 10.5 Å². The Balaban J connectivity index is 2.49. The zero-order valence-electron chi connectivity index (χ0n) is 13.0. The number of rotatable bonds is 3. The Labute approximate surface area is 132 Å². The lowest BCUT2D eigenvalue weighted by molar-refractivity contribution is -0.138. The van der Waals surface area contributed by atoms with Gasteiger partial charge in [-0.05, 0) is 31.0 Å². The quantitative estimate of drug-likeness (QED) is 0.864. The summed E-state index contributed by atoms with van der Waals surface area (Å²) >= 11 is 0. The normalized spacial score (nSPS) is 18.3. The second kappa shape index (κ2) is 6.44. The van der Waals surface area contributed by atoms with Crippen LogP contribution in [0.3, 0.4) is 0 Å². The average molecular weight is 326 g/mol. The van der Waals surface area contributed by atoms with Crippen LogP contribution in [0.2, 0.25) is 0 Å². The van der Waals surface area contributed by atoms with Gasteiger partial charge < -0.3 is 4.74 Å². The second-order valence-electron chi connectivity index (χ2n) is 5.16. The molecule has 0 saturated carbocycles. The summed E-state index contributed by atoms with van der Waals surface area (Å²) in [4.78, 5) is 12.1. The van der Waals surface area contributed by atoms with Crippen molar-refractivity contribution in [3.8, 4) is 0 Å². The molecule has 0 aromatic heterocycles. The van der Waals surface area contributed by atoms with Gasteiger partial charge >= 0.3 is 12.1 Å². The van der Waals surface area contributed by atoms with Crippen LogP contribution in [0, 0.1) is 0 Å². The highest BCUT2D eigenvalue weighted by Gasteiger charge is 2.34. The van der Waals surface area contributed by atoms with Gasteiger partial charge in [-0.25, -0.2) is 4.79 Å². The summed E-state index contributed by atoms with van der Waals surface area (Å²) in [7, 11) is 1.27. The minimum atomic E-state index is -4.40. The molecular formula is C16H17F3N2O2. The number of hydrazone groups is 1. The van der Waals surface area contributed by atoms with Crippen molar-refractivity contribution in [2.45, 2.75) is 32.4 Å². The van der Waals surface area contributed by atoms with Crippen molar-refractivity contribution in [1.82, 2.24) is 5.43 Å². The number of ether oxygens (including phenoxy) is 1. The third-order valence-electron chi connectivity index (χ3n) is 3.73. The van der Waals surface area contributed by atoms with E-state index in [1.807, 2.05) is 6.92 Å². The number of alkyl halides is 3. The molecule has 0 fully saturated rings. The molecule has 2 rings (SSSR count). The van der Waals surface area contributed by atoms with Gasteiger partial charge in [0.1, 0.15) is 0 Å². The Morgan fingerprint density at radius 1 is 1.30 bits per heavy atom. The number of nitrogens with zero attached hydrogens (tertiary/aromatic N) is 1. The number of nitrogens with one attached hydrogen (secondary N) is 1. The van der Waals surface area contributed by atoms with Gasteiger partial charge in [0.15, 0.2) is 0 Å². The van der Waals surface area contributed by atoms with Gasteiger partial charge in [-0.3, -0.25) is 5.43 Å². The molecule has 0 saturated heterocycles. The van der Waals surface area contributed by atoms with E-state index in [0.29, 0.717) is 29.0 Å². The summed E-state index contributed by atoms with van der Waals surface area (Å²) in [5.41, 5.74) is 4.20. The molecule has 0 amide bonds. The molecule has 0 radical (unpaired) electrons. The summed E-state index contributed by atoms with van der Waals surface area (Å²) in [6.45, 7) is 3.57. The number of allylic oxidation sites excluding steroid dienone is 1. The lowest BCUT2D eigenvalue weighted by atomic mass is 9.84. The van der Waals surface area contributed by atoms with Crippen LogP contribution in [-0.4, -0.2) is 18.8 Å². The van der Waals surface area contributed by atoms with E-state index in [0.717, 1.165) is 12.1 Å². The number of carbonyl (C=O) groups is 1. The Kier molecular flexibility index (Phi) is 4.77. The second-order valence-corrected chi connectivity index (χ2v) is 5.16. The van der Waals surface area contributed by atoms with Gasteiger partial charge in [-0.1, -0.05) is 19.1 Å². The first-order valence-electron chi connectivity index (χ1n) is 7.08. The molecule has 4 nitrogen and oxygen atoms in total. The molecular weight excluding hydrogens is 309 g/mol. The van der Waals surface area contributed by atoms with Crippen molar-refractivity contribution in [3.05, 3.63) is 46.7 Å². The van der Waals surface area contributed by atoms with Crippen molar-refractivity contribution in [2.24, 2.45) is 5.10 Å². The first-order chi connectivity index (χ1) is 10.8. The van der Waals surface area contributed by atoms with Crippen LogP contribution in [0.15, 0.2) is 40.6 Å². The number of esters is 1. The van der Waals surface area contributed by atoms with E-state index in [9.17, 15) is 18.0 Å². The highest BCUT2D eigenvalue weighted by atomic mass is 19.4. The van der Waals surface area contributed by atoms with E-state index < -0.39 is 23.6 Å². The molecule has 124 valence electrons. The molecule has 1 aliphatic heterocycles. The van der Waals surface area contributed by atoms with E-state index >= 15 is 0 Å². The summed E-state index contributed by atoms with van der Waals surface area (Å²) in [6.07, 6.45) is -3.87. The summed E-state index contributed by atoms with van der Waals surface area (Å²) in [5.74, 6) is -1.05. The maximum atomic E-state index is 12.7. The van der Waals surface area contributed by atoms with Crippen LogP contribution in [-0.2, 0) is 15.7 Å². The first-order valence-corrected chi connectivity index (χ1v) is 7.08. The van der Waals surface area contributed by atoms with E-state index in [-0.39, 0.29) is 0 Å². The van der Waals surface area contributed by atoms with Gasteiger partial charge in [0.25, 0.3) is 0 Å². The van der Waals surface area contributed by atoms with Gasteiger partial charge in [-0.2, -0.15) is 18.3 Å². The number of hydrogen-bond acceptors (Lipinski definition) is 4. The monoisotopic (exact) mass is 326 g/mol. The Morgan fingerprint density at radius 3 is 2.39 bits per heavy atom. The predicted molar refractivity (Wildman–Crippen MR) is 79.8 cm³/mol. The molecule has 1 heterocycles. The number of halogens is 3. The van der Waals surface area contributed by atoms with Crippen LogP contribution in [0.1, 0.15) is 37.3 Å². The number of hydrogen-bond donors (Lipinski definition) is 1. The fourth-order valence-electron chi connectivity index (χ4n) is 2.56. The van der Waals surface area contributed by atoms with Crippen molar-refractivity contribution >= 4 is 11.7 Å². The maximum Gasteiger partial charge on any atom is 0.416 e. The van der Waals surface area contributed by atoms with Gasteiger partial charge in [-0.15, -0.1) is 0 Å². The minimum absolute atomic E-state index is 0.377. The lowest BCUT2D eigenvalue weighted by Crippen LogP contribution is -2.30. The van der Waals surface area contributed by atoms with Crippen molar-refractivity contribution in [3.63, 3.8) is 0 Å². The molecule has 1 aromatic carbocycles. The Morgan fingerprint density at radius 2 is 1.91 bits per heavy atom. The van der Waals surface area contributed by atoms with Crippen molar-refractivity contribution < 1.29 is 22.7 Å². The molecule has 7 heteroatoms. The number of methoxy groups -OCH3 is 1. The predicted octanol–water partition coefficient (Wildman–Crippen LogP) is 3.61. The summed E-state index contributed by atoms with van der Waals surface area (Å²) in [5, 5.41) is 4.16. The lowest BCUT2D eigenvalue weighted by Gasteiger charge is -2.26. The standard InChI is InChI=1S/C16H17F3N2O2/c1-4-12-14(15(22)23-3)13(9(2)20-21-12)10-5-7-11(8-6-10)16(17,18)19/h5-8,13,21H,4H2,1-3H3. The average Bonchev–Trinajstić information content (AvgIpc) is 2.53. The van der Waals surface area contributed by atoms with E-state index in [1.165, 1.54) is 19.2 Å². The third kappa shape index (κ3) is 3.38. The van der Waals surface area contributed by atoms with Crippen LogP contribution in [0.4, 0.5) is 13.2 Å². The van der Waals surface area contributed by atoms with E-state index in [1.54, 1.807) is 6.92 Å². The molecule has 1 aliphatic rings. The number of benzene rings is 1. The zero-order valence-corrected chi connectivity index (χ0v) is 13.0. The van der Waals surface area contributed by atoms with E-state index in [4.69, 9.17) is 4.74 Å². The first kappa shape index (κ1) is 17.1. The summed E-state index contributed by atoms with van der Waals surface area (Å²) < 4.78 is 42.9. The molecule has 0 aliphatic carbocycles. The Hall–Kier alpha value is -2.31. The minimum Gasteiger partial charge on any atom is -0.466 e. The molecule has 1 N–H and O–H groups in total. The molecule has 23 heavy (non-hydrogen) atoms. The Bertz CT molecular complexity index is 661. The van der Waals surface area contributed by atoms with Crippen LogP contribution >= 0.6 is 0 Å². The highest BCUT2D eigenvalue weighted by molar-refractivity contribution is 6.03. The number of carbonyl (C=O) groups excluding carboxylic acids is 1. The highest BCUT2D eigenvalue weighted by Crippen LogP contribution is 2.35. The smallest absolute Gasteiger partial charge is 0.416 e. The molecule has 1 aromatic rings.